The summed E-state index contributed by atoms with van der Waals surface area (Å²) in [5.41, 5.74) is 5.43. The van der Waals surface area contributed by atoms with Gasteiger partial charge in [0.2, 0.25) is 0 Å². The van der Waals surface area contributed by atoms with Crippen LogP contribution >= 0.6 is 0 Å². The van der Waals surface area contributed by atoms with Crippen LogP contribution in [0.2, 0.25) is 0 Å². The number of anilines is 2. The van der Waals surface area contributed by atoms with E-state index in [1.165, 1.54) is 6.20 Å². The van der Waals surface area contributed by atoms with Crippen molar-refractivity contribution in [1.82, 2.24) is 9.97 Å². The van der Waals surface area contributed by atoms with Gasteiger partial charge >= 0.3 is 0 Å². The number of hydrogen-bond acceptors (Lipinski definition) is 5. The van der Waals surface area contributed by atoms with Gasteiger partial charge < -0.3 is 15.7 Å². The molecule has 78 valence electrons. The summed E-state index contributed by atoms with van der Waals surface area (Å²) in [6.45, 7) is 3.63. The first-order valence-corrected chi connectivity index (χ1v) is 4.71. The Morgan fingerprint density at radius 2 is 2.14 bits per heavy atom. The zero-order chi connectivity index (χ0) is 10.4. The summed E-state index contributed by atoms with van der Waals surface area (Å²) in [6.07, 6.45) is 4.15. The molecular weight excluding hydrogens is 180 g/mol. The van der Waals surface area contributed by atoms with Crippen LogP contribution in [0.25, 0.3) is 0 Å². The van der Waals surface area contributed by atoms with Gasteiger partial charge in [0.25, 0.3) is 0 Å². The number of aromatic nitrogens is 2. The molecule has 0 saturated carbocycles. The molecule has 14 heavy (non-hydrogen) atoms. The number of nitrogens with zero attached hydrogens (tertiary/aromatic N) is 3. The molecule has 1 heterocycles. The van der Waals surface area contributed by atoms with E-state index in [2.05, 4.69) is 16.9 Å². The Bertz CT molecular complexity index is 256. The normalized spacial score (nSPS) is 10.1. The van der Waals surface area contributed by atoms with Crippen LogP contribution < -0.4 is 10.6 Å². The van der Waals surface area contributed by atoms with E-state index in [0.717, 1.165) is 18.8 Å². The predicted octanol–water partition coefficient (Wildman–Crippen LogP) is 0.268. The second-order valence-electron chi connectivity index (χ2n) is 3.01. The van der Waals surface area contributed by atoms with Crippen molar-refractivity contribution in [3.05, 3.63) is 12.4 Å². The molecule has 0 saturated heterocycles. The highest BCUT2D eigenvalue weighted by molar-refractivity contribution is 5.39. The number of hydrogen-bond donors (Lipinski definition) is 2. The van der Waals surface area contributed by atoms with Crippen LogP contribution in [0.4, 0.5) is 11.6 Å². The van der Waals surface area contributed by atoms with Crippen LogP contribution in [0.1, 0.15) is 13.3 Å². The minimum atomic E-state index is 0.117. The zero-order valence-corrected chi connectivity index (χ0v) is 8.35. The maximum absolute atomic E-state index is 8.86. The predicted molar refractivity (Wildman–Crippen MR) is 56.0 cm³/mol. The SMILES string of the molecule is CCCN(CCO)c1cnc(N)cn1. The third-order valence-corrected chi connectivity index (χ3v) is 1.85. The lowest BCUT2D eigenvalue weighted by atomic mass is 10.4. The highest BCUT2D eigenvalue weighted by Crippen LogP contribution is 2.09. The van der Waals surface area contributed by atoms with E-state index < -0.39 is 0 Å². The van der Waals surface area contributed by atoms with Crippen molar-refractivity contribution in [3.8, 4) is 0 Å². The van der Waals surface area contributed by atoms with Crippen molar-refractivity contribution in [2.24, 2.45) is 0 Å². The fourth-order valence-corrected chi connectivity index (χ4v) is 1.23. The van der Waals surface area contributed by atoms with Gasteiger partial charge in [-0.05, 0) is 6.42 Å². The second kappa shape index (κ2) is 5.39. The fraction of sp³-hybridized carbons (Fsp3) is 0.556. The molecule has 0 aliphatic rings. The Kier molecular flexibility index (Phi) is 4.12. The van der Waals surface area contributed by atoms with Crippen molar-refractivity contribution in [1.29, 1.82) is 0 Å². The van der Waals surface area contributed by atoms with Crippen LogP contribution in [-0.2, 0) is 0 Å². The van der Waals surface area contributed by atoms with Crippen LogP contribution in [0, 0.1) is 0 Å². The van der Waals surface area contributed by atoms with Crippen LogP contribution in [0.5, 0.6) is 0 Å². The summed E-state index contributed by atoms with van der Waals surface area (Å²) in [6, 6.07) is 0. The van der Waals surface area contributed by atoms with Crippen molar-refractivity contribution in [2.75, 3.05) is 30.3 Å². The van der Waals surface area contributed by atoms with E-state index in [1.54, 1.807) is 6.20 Å². The molecule has 0 aliphatic carbocycles. The summed E-state index contributed by atoms with van der Waals surface area (Å²) < 4.78 is 0. The van der Waals surface area contributed by atoms with Crippen molar-refractivity contribution >= 4 is 11.6 Å². The van der Waals surface area contributed by atoms with Crippen molar-refractivity contribution in [2.45, 2.75) is 13.3 Å². The van der Waals surface area contributed by atoms with E-state index in [4.69, 9.17) is 10.8 Å². The number of nitrogen functional groups attached to an aromatic ring is 1. The first-order valence-electron chi connectivity index (χ1n) is 4.71. The Morgan fingerprint density at radius 1 is 1.36 bits per heavy atom. The van der Waals surface area contributed by atoms with Crippen molar-refractivity contribution < 1.29 is 5.11 Å². The third-order valence-electron chi connectivity index (χ3n) is 1.85. The zero-order valence-electron chi connectivity index (χ0n) is 8.35. The van der Waals surface area contributed by atoms with Gasteiger partial charge in [-0.1, -0.05) is 6.92 Å². The van der Waals surface area contributed by atoms with Gasteiger partial charge in [-0.3, -0.25) is 0 Å². The average molecular weight is 196 g/mol. The molecule has 0 spiro atoms. The summed E-state index contributed by atoms with van der Waals surface area (Å²) in [4.78, 5) is 10.1. The Hall–Kier alpha value is -1.36. The molecule has 0 amide bonds. The Labute approximate surface area is 83.6 Å². The highest BCUT2D eigenvalue weighted by Gasteiger charge is 2.05. The van der Waals surface area contributed by atoms with Gasteiger partial charge in [-0.15, -0.1) is 0 Å². The summed E-state index contributed by atoms with van der Waals surface area (Å²) in [5, 5.41) is 8.86. The summed E-state index contributed by atoms with van der Waals surface area (Å²) >= 11 is 0. The van der Waals surface area contributed by atoms with Gasteiger partial charge in [0.05, 0.1) is 19.0 Å². The monoisotopic (exact) mass is 196 g/mol. The number of nitrogens with two attached hydrogens (primary N) is 1. The molecule has 1 aromatic heterocycles. The van der Waals surface area contributed by atoms with Gasteiger partial charge in [-0.25, -0.2) is 9.97 Å². The van der Waals surface area contributed by atoms with E-state index in [9.17, 15) is 0 Å². The highest BCUT2D eigenvalue weighted by atomic mass is 16.3. The molecule has 3 N–H and O–H groups in total. The summed E-state index contributed by atoms with van der Waals surface area (Å²) in [5.74, 6) is 1.17. The topological polar surface area (TPSA) is 75.3 Å². The summed E-state index contributed by atoms with van der Waals surface area (Å²) in [7, 11) is 0. The maximum atomic E-state index is 8.86. The lowest BCUT2D eigenvalue weighted by Gasteiger charge is -2.21. The molecule has 0 aliphatic heterocycles. The van der Waals surface area contributed by atoms with E-state index in [1.807, 2.05) is 4.90 Å². The molecule has 5 heteroatoms. The van der Waals surface area contributed by atoms with Crippen LogP contribution in [0.15, 0.2) is 12.4 Å². The Balaban J connectivity index is 2.71. The third kappa shape index (κ3) is 2.85. The molecule has 0 aromatic carbocycles. The molecule has 1 aromatic rings. The molecule has 0 unspecified atom stereocenters. The van der Waals surface area contributed by atoms with Gasteiger partial charge in [0, 0.05) is 13.1 Å². The smallest absolute Gasteiger partial charge is 0.147 e. The molecular formula is C9H16N4O. The number of aliphatic hydroxyl groups is 1. The fourth-order valence-electron chi connectivity index (χ4n) is 1.23. The largest absolute Gasteiger partial charge is 0.395 e. The van der Waals surface area contributed by atoms with E-state index >= 15 is 0 Å². The Morgan fingerprint density at radius 3 is 2.64 bits per heavy atom. The van der Waals surface area contributed by atoms with Crippen molar-refractivity contribution in [3.63, 3.8) is 0 Å². The minimum Gasteiger partial charge on any atom is -0.395 e. The lowest BCUT2D eigenvalue weighted by Crippen LogP contribution is -2.28. The number of rotatable bonds is 5. The molecule has 1 rings (SSSR count). The molecule has 0 atom stereocenters. The van der Waals surface area contributed by atoms with Crippen LogP contribution in [-0.4, -0.2) is 34.8 Å². The van der Waals surface area contributed by atoms with Gasteiger partial charge in [-0.2, -0.15) is 0 Å². The first-order chi connectivity index (χ1) is 6.77. The number of aliphatic hydroxyl groups excluding tert-OH is 1. The molecule has 5 nitrogen and oxygen atoms in total. The average Bonchev–Trinajstić information content (AvgIpc) is 2.19. The molecule has 0 fully saturated rings. The first kappa shape index (κ1) is 10.7. The second-order valence-corrected chi connectivity index (χ2v) is 3.01. The van der Waals surface area contributed by atoms with E-state index in [0.29, 0.717) is 12.4 Å². The van der Waals surface area contributed by atoms with Crippen LogP contribution in [0.3, 0.4) is 0 Å². The molecule has 0 radical (unpaired) electrons. The maximum Gasteiger partial charge on any atom is 0.147 e. The molecule has 0 bridgehead atoms. The minimum absolute atomic E-state index is 0.117. The van der Waals surface area contributed by atoms with E-state index in [-0.39, 0.29) is 6.61 Å². The van der Waals surface area contributed by atoms with Gasteiger partial charge in [0.1, 0.15) is 11.6 Å². The quantitative estimate of drug-likeness (QED) is 0.707. The van der Waals surface area contributed by atoms with Gasteiger partial charge in [0.15, 0.2) is 0 Å². The standard InChI is InChI=1S/C9H16N4O/c1-2-3-13(4-5-14)9-7-11-8(10)6-12-9/h6-7,14H,2-5H2,1H3,(H2,10,11). The lowest BCUT2D eigenvalue weighted by molar-refractivity contribution is 0.301.